The number of nitriles is 1. The molecule has 2 atom stereocenters. The zero-order valence-corrected chi connectivity index (χ0v) is 18.1. The average molecular weight is 450 g/mol. The van der Waals surface area contributed by atoms with Gasteiger partial charge in [-0.15, -0.1) is 11.8 Å². The van der Waals surface area contributed by atoms with E-state index in [9.17, 15) is 23.2 Å². The minimum atomic E-state index is -4.34. The summed E-state index contributed by atoms with van der Waals surface area (Å²) in [6.07, 6.45) is 10.1. The fraction of sp³-hybridized carbons (Fsp3) is 0.522. The normalized spacial score (nSPS) is 23.2. The van der Waals surface area contributed by atoms with Crippen molar-refractivity contribution in [2.24, 2.45) is 4.99 Å². The van der Waals surface area contributed by atoms with Crippen LogP contribution < -0.4 is 5.32 Å². The standard InChI is InChI=1S/C23H26F3N3OS/c24-23(25,26)16-8-4-5-9-17(14-16)29-22-19(12-6-7-13-28-22)21(20(30)15-27)31-18-10-2-1-3-11-18/h1-2,10,13-14,17,21,29H,3-9,11-12H2. The van der Waals surface area contributed by atoms with E-state index < -0.39 is 28.8 Å². The summed E-state index contributed by atoms with van der Waals surface area (Å²) in [5.74, 6) is -0.116. The first-order valence-corrected chi connectivity index (χ1v) is 11.5. The van der Waals surface area contributed by atoms with Crippen LogP contribution >= 0.6 is 11.8 Å². The van der Waals surface area contributed by atoms with Crippen LogP contribution in [0.1, 0.15) is 57.8 Å². The first-order chi connectivity index (χ1) is 14.9. The second kappa shape index (κ2) is 10.9. The monoisotopic (exact) mass is 449 g/mol. The molecule has 1 aliphatic heterocycles. The van der Waals surface area contributed by atoms with Crippen molar-refractivity contribution < 1.29 is 18.0 Å². The highest BCUT2D eigenvalue weighted by Crippen LogP contribution is 2.37. The highest BCUT2D eigenvalue weighted by Gasteiger charge is 2.35. The fourth-order valence-electron chi connectivity index (χ4n) is 3.91. The van der Waals surface area contributed by atoms with Crippen LogP contribution in [0.5, 0.6) is 0 Å². The van der Waals surface area contributed by atoms with Crippen molar-refractivity contribution in [3.8, 4) is 6.07 Å². The molecule has 0 saturated carbocycles. The van der Waals surface area contributed by atoms with Gasteiger partial charge >= 0.3 is 6.18 Å². The zero-order valence-electron chi connectivity index (χ0n) is 17.3. The maximum atomic E-state index is 13.3. The van der Waals surface area contributed by atoms with Crippen LogP contribution in [0.4, 0.5) is 13.2 Å². The molecule has 166 valence electrons. The number of halogens is 3. The SMILES string of the molecule is N#CC(=O)C(SC1=CC=CCC1)C1=C(NC2C=C(C(F)(F)F)CCCC2)N=CCCC1. The van der Waals surface area contributed by atoms with Crippen molar-refractivity contribution in [2.45, 2.75) is 75.3 Å². The number of nitrogens with one attached hydrogen (secondary N) is 1. The van der Waals surface area contributed by atoms with Crippen molar-refractivity contribution in [3.63, 3.8) is 0 Å². The number of allylic oxidation sites excluding steroid dienone is 5. The molecule has 0 radical (unpaired) electrons. The van der Waals surface area contributed by atoms with E-state index in [4.69, 9.17) is 0 Å². The number of hydrogen-bond donors (Lipinski definition) is 1. The topological polar surface area (TPSA) is 65.2 Å². The number of hydrogen-bond acceptors (Lipinski definition) is 5. The van der Waals surface area contributed by atoms with Crippen LogP contribution in [0.25, 0.3) is 0 Å². The molecule has 0 bridgehead atoms. The third-order valence-corrected chi connectivity index (χ3v) is 6.89. The highest BCUT2D eigenvalue weighted by molar-refractivity contribution is 8.04. The van der Waals surface area contributed by atoms with Crippen molar-refractivity contribution in [1.82, 2.24) is 5.32 Å². The molecular formula is C23H26F3N3OS. The van der Waals surface area contributed by atoms with Gasteiger partial charge in [0, 0.05) is 17.8 Å². The molecule has 0 saturated heterocycles. The molecule has 0 spiro atoms. The summed E-state index contributed by atoms with van der Waals surface area (Å²) in [6, 6.07) is 1.24. The van der Waals surface area contributed by atoms with Gasteiger partial charge in [-0.1, -0.05) is 30.7 Å². The number of alkyl halides is 3. The van der Waals surface area contributed by atoms with Crippen LogP contribution in [0.3, 0.4) is 0 Å². The van der Waals surface area contributed by atoms with Gasteiger partial charge in [0.2, 0.25) is 5.78 Å². The lowest BCUT2D eigenvalue weighted by Gasteiger charge is -2.23. The van der Waals surface area contributed by atoms with Crippen molar-refractivity contribution in [2.75, 3.05) is 0 Å². The molecule has 4 nitrogen and oxygen atoms in total. The second-order valence-corrected chi connectivity index (χ2v) is 9.07. The Morgan fingerprint density at radius 2 is 2.06 bits per heavy atom. The minimum absolute atomic E-state index is 0.0178. The first-order valence-electron chi connectivity index (χ1n) is 10.6. The van der Waals surface area contributed by atoms with Crippen molar-refractivity contribution in [1.29, 1.82) is 5.26 Å². The Morgan fingerprint density at radius 3 is 2.77 bits per heavy atom. The summed E-state index contributed by atoms with van der Waals surface area (Å²) >= 11 is 1.36. The number of aliphatic imine (C=N–C) groups is 1. The number of ketones is 1. The lowest BCUT2D eigenvalue weighted by molar-refractivity contribution is -0.113. The number of nitrogens with zero attached hydrogens (tertiary/aromatic N) is 2. The van der Waals surface area contributed by atoms with E-state index in [0.29, 0.717) is 43.5 Å². The summed E-state index contributed by atoms with van der Waals surface area (Å²) in [7, 11) is 0. The van der Waals surface area contributed by atoms with E-state index in [1.807, 2.05) is 18.2 Å². The number of rotatable bonds is 6. The van der Waals surface area contributed by atoms with Gasteiger partial charge in [-0.3, -0.25) is 4.79 Å². The van der Waals surface area contributed by atoms with Crippen molar-refractivity contribution >= 4 is 23.8 Å². The van der Waals surface area contributed by atoms with Crippen LogP contribution in [-0.4, -0.2) is 29.5 Å². The van der Waals surface area contributed by atoms with E-state index in [0.717, 1.165) is 24.2 Å². The largest absolute Gasteiger partial charge is 0.412 e. The Hall–Kier alpha value is -2.27. The Morgan fingerprint density at radius 1 is 1.23 bits per heavy atom. The third-order valence-electron chi connectivity index (χ3n) is 5.51. The summed E-state index contributed by atoms with van der Waals surface area (Å²) in [5, 5.41) is 11.8. The van der Waals surface area contributed by atoms with Gasteiger partial charge in [0.05, 0.1) is 0 Å². The Bertz CT molecular complexity index is 877. The summed E-state index contributed by atoms with van der Waals surface area (Å²) in [4.78, 5) is 18.1. The maximum Gasteiger partial charge on any atom is 0.412 e. The number of carbonyl (C=O) groups excluding carboxylic acids is 1. The van der Waals surface area contributed by atoms with Gasteiger partial charge < -0.3 is 5.32 Å². The van der Waals surface area contributed by atoms with E-state index in [-0.39, 0.29) is 6.42 Å². The van der Waals surface area contributed by atoms with Crippen molar-refractivity contribution in [3.05, 3.63) is 46.2 Å². The molecule has 0 amide bonds. The van der Waals surface area contributed by atoms with E-state index in [1.165, 1.54) is 17.8 Å². The van der Waals surface area contributed by atoms with Crippen LogP contribution in [0.15, 0.2) is 51.2 Å². The molecule has 31 heavy (non-hydrogen) atoms. The molecule has 8 heteroatoms. The third kappa shape index (κ3) is 6.60. The zero-order chi connectivity index (χ0) is 22.3. The number of Topliss-reactive ketones (excluding diaryl/α,β-unsaturated/α-hetero) is 1. The molecule has 1 N–H and O–H groups in total. The van der Waals surface area contributed by atoms with Gasteiger partial charge in [-0.05, 0) is 61.8 Å². The molecule has 2 unspecified atom stereocenters. The molecule has 2 aliphatic carbocycles. The second-order valence-electron chi connectivity index (χ2n) is 7.84. The molecule has 0 aromatic heterocycles. The maximum absolute atomic E-state index is 13.3. The predicted octanol–water partition coefficient (Wildman–Crippen LogP) is 5.90. The quantitative estimate of drug-likeness (QED) is 0.405. The smallest absolute Gasteiger partial charge is 0.364 e. The fourth-order valence-corrected chi connectivity index (χ4v) is 5.14. The molecule has 0 aromatic carbocycles. The van der Waals surface area contributed by atoms with Gasteiger partial charge in [-0.25, -0.2) is 4.99 Å². The molecule has 3 aliphatic rings. The molecule has 0 fully saturated rings. The molecule has 3 rings (SSSR count). The van der Waals surface area contributed by atoms with Gasteiger partial charge in [-0.2, -0.15) is 18.4 Å². The van der Waals surface area contributed by atoms with Gasteiger partial charge in [0.25, 0.3) is 0 Å². The summed E-state index contributed by atoms with van der Waals surface area (Å²) in [6.45, 7) is 0. The summed E-state index contributed by atoms with van der Waals surface area (Å²) < 4.78 is 40.0. The molecular weight excluding hydrogens is 423 g/mol. The lowest BCUT2D eigenvalue weighted by Crippen LogP contribution is -2.30. The highest BCUT2D eigenvalue weighted by atomic mass is 32.2. The average Bonchev–Trinajstić information content (AvgIpc) is 3.13. The number of carbonyl (C=O) groups is 1. The first kappa shape index (κ1) is 23.4. The Kier molecular flexibility index (Phi) is 8.19. The van der Waals surface area contributed by atoms with E-state index >= 15 is 0 Å². The molecule has 0 aromatic rings. The van der Waals surface area contributed by atoms with Crippen LogP contribution in [-0.2, 0) is 4.79 Å². The van der Waals surface area contributed by atoms with Gasteiger partial charge in [0.1, 0.15) is 17.1 Å². The Balaban J connectivity index is 1.93. The van der Waals surface area contributed by atoms with E-state index in [1.54, 1.807) is 12.3 Å². The molecule has 1 heterocycles. The van der Waals surface area contributed by atoms with Gasteiger partial charge in [0.15, 0.2) is 0 Å². The lowest BCUT2D eigenvalue weighted by atomic mass is 10.0. The number of thioether (sulfide) groups is 1. The van der Waals surface area contributed by atoms with Crippen LogP contribution in [0.2, 0.25) is 0 Å². The minimum Gasteiger partial charge on any atom is -0.364 e. The van der Waals surface area contributed by atoms with Crippen LogP contribution in [0, 0.1) is 11.3 Å². The predicted molar refractivity (Wildman–Crippen MR) is 117 cm³/mol. The van der Waals surface area contributed by atoms with E-state index in [2.05, 4.69) is 10.3 Å². The Labute approximate surface area is 185 Å². The summed E-state index contributed by atoms with van der Waals surface area (Å²) in [5.41, 5.74) is 0.187.